The minimum absolute atomic E-state index is 0.438. The molecule has 1 aliphatic heterocycles. The van der Waals surface area contributed by atoms with E-state index in [2.05, 4.69) is 10.3 Å². The molecule has 0 aromatic heterocycles. The van der Waals surface area contributed by atoms with Crippen molar-refractivity contribution in [2.75, 3.05) is 7.11 Å². The fourth-order valence-corrected chi connectivity index (χ4v) is 2.33. The highest BCUT2D eigenvalue weighted by Crippen LogP contribution is 2.43. The molecule has 6 heteroatoms. The number of aliphatic hydroxyl groups is 1. The molecule has 112 valence electrons. The lowest BCUT2D eigenvalue weighted by Crippen LogP contribution is -2.48. The zero-order valence-electron chi connectivity index (χ0n) is 12.5. The lowest BCUT2D eigenvalue weighted by molar-refractivity contribution is -0.0567. The van der Waals surface area contributed by atoms with Crippen LogP contribution in [0.25, 0.3) is 0 Å². The van der Waals surface area contributed by atoms with Crippen molar-refractivity contribution in [3.05, 3.63) is 23.8 Å². The second kappa shape index (κ2) is 5.62. The van der Waals surface area contributed by atoms with Crippen LogP contribution in [0.2, 0.25) is 0 Å². The van der Waals surface area contributed by atoms with Gasteiger partial charge in [-0.3, -0.25) is 10.3 Å². The number of fused-ring (bicyclic) bond motifs is 1. The van der Waals surface area contributed by atoms with Crippen LogP contribution in [-0.2, 0) is 0 Å². The molecule has 0 amide bonds. The third-order valence-electron chi connectivity index (χ3n) is 3.49. The molecule has 0 spiro atoms. The Hall–Kier alpha value is -2.26. The summed E-state index contributed by atoms with van der Waals surface area (Å²) in [6, 6.07) is 4.87. The van der Waals surface area contributed by atoms with Gasteiger partial charge in [0.2, 0.25) is 0 Å². The molecule has 2 atom stereocenters. The van der Waals surface area contributed by atoms with Gasteiger partial charge in [0.05, 0.1) is 7.11 Å². The molecule has 1 aromatic carbocycles. The minimum Gasteiger partial charge on any atom is -0.497 e. The number of aliphatic hydroxyl groups excluding tert-OH is 1. The van der Waals surface area contributed by atoms with Gasteiger partial charge in [-0.25, -0.2) is 0 Å². The van der Waals surface area contributed by atoms with Gasteiger partial charge in [0.15, 0.2) is 6.19 Å². The summed E-state index contributed by atoms with van der Waals surface area (Å²) < 4.78 is 11.1. The summed E-state index contributed by atoms with van der Waals surface area (Å²) in [5.74, 6) is 1.76. The zero-order chi connectivity index (χ0) is 15.6. The highest BCUT2D eigenvalue weighted by molar-refractivity contribution is 5.81. The van der Waals surface area contributed by atoms with Crippen LogP contribution in [0.5, 0.6) is 11.5 Å². The third-order valence-corrected chi connectivity index (χ3v) is 3.49. The van der Waals surface area contributed by atoms with Crippen molar-refractivity contribution in [1.82, 2.24) is 5.32 Å². The maximum absolute atomic E-state index is 10.5. The van der Waals surface area contributed by atoms with Crippen LogP contribution < -0.4 is 14.8 Å². The second-order valence-electron chi connectivity index (χ2n) is 5.45. The number of ether oxygens (including phenoxy) is 2. The molecule has 2 rings (SSSR count). The molecule has 21 heavy (non-hydrogen) atoms. The lowest BCUT2D eigenvalue weighted by Gasteiger charge is -2.40. The summed E-state index contributed by atoms with van der Waals surface area (Å²) in [6.07, 6.45) is 0.981. The summed E-state index contributed by atoms with van der Waals surface area (Å²) in [6.45, 7) is 5.29. The minimum atomic E-state index is -0.840. The van der Waals surface area contributed by atoms with Gasteiger partial charge in [0.1, 0.15) is 35.1 Å². The Morgan fingerprint density at radius 2 is 2.24 bits per heavy atom. The first-order valence-corrected chi connectivity index (χ1v) is 6.63. The van der Waals surface area contributed by atoms with Gasteiger partial charge >= 0.3 is 0 Å². The van der Waals surface area contributed by atoms with E-state index in [4.69, 9.17) is 14.7 Å². The SMILES string of the molecule is COc1ccc2c(c1)C(N=C(C)NC#N)C(O)C(C)(C)O2. The second-order valence-corrected chi connectivity index (χ2v) is 5.45. The average Bonchev–Trinajstić information content (AvgIpc) is 2.43. The van der Waals surface area contributed by atoms with Crippen LogP contribution >= 0.6 is 0 Å². The molecule has 2 unspecified atom stereocenters. The maximum atomic E-state index is 10.5. The number of rotatable bonds is 2. The van der Waals surface area contributed by atoms with Crippen molar-refractivity contribution in [3.63, 3.8) is 0 Å². The molecule has 1 aromatic rings. The van der Waals surface area contributed by atoms with Crippen LogP contribution in [0, 0.1) is 11.5 Å². The number of aliphatic imine (C=N–C) groups is 1. The first-order chi connectivity index (χ1) is 9.89. The number of hydrogen-bond acceptors (Lipinski definition) is 5. The van der Waals surface area contributed by atoms with Crippen LogP contribution in [0.3, 0.4) is 0 Å². The van der Waals surface area contributed by atoms with Gasteiger partial charge in [-0.2, -0.15) is 5.26 Å². The first kappa shape index (κ1) is 15.1. The van der Waals surface area contributed by atoms with Crippen molar-refractivity contribution in [1.29, 1.82) is 5.26 Å². The van der Waals surface area contributed by atoms with Gasteiger partial charge < -0.3 is 14.6 Å². The van der Waals surface area contributed by atoms with Crippen LogP contribution in [0.15, 0.2) is 23.2 Å². The van der Waals surface area contributed by atoms with E-state index in [0.29, 0.717) is 17.3 Å². The standard InChI is InChI=1S/C15H19N3O3/c1-9(17-8-16)18-13-11-7-10(20-4)5-6-12(11)21-15(2,3)14(13)19/h5-7,13-14,19H,1-4H3,(H,17,18). The van der Waals surface area contributed by atoms with Gasteiger partial charge in [-0.05, 0) is 39.0 Å². The van der Waals surface area contributed by atoms with E-state index in [9.17, 15) is 5.11 Å². The Labute approximate surface area is 124 Å². The molecular weight excluding hydrogens is 270 g/mol. The van der Waals surface area contributed by atoms with E-state index in [1.165, 1.54) is 0 Å². The largest absolute Gasteiger partial charge is 0.497 e. The first-order valence-electron chi connectivity index (χ1n) is 6.63. The predicted octanol–water partition coefficient (Wildman–Crippen LogP) is 1.76. The van der Waals surface area contributed by atoms with Crippen LogP contribution in [0.1, 0.15) is 32.4 Å². The molecule has 0 saturated carbocycles. The van der Waals surface area contributed by atoms with E-state index >= 15 is 0 Å². The van der Waals surface area contributed by atoms with Gasteiger partial charge in [0.25, 0.3) is 0 Å². The monoisotopic (exact) mass is 289 g/mol. The Bertz CT molecular complexity index is 605. The normalized spacial score (nSPS) is 23.5. The fraction of sp³-hybridized carbons (Fsp3) is 0.467. The van der Waals surface area contributed by atoms with E-state index in [0.717, 1.165) is 5.56 Å². The molecule has 0 bridgehead atoms. The van der Waals surface area contributed by atoms with E-state index in [-0.39, 0.29) is 0 Å². The summed E-state index contributed by atoms with van der Waals surface area (Å²) >= 11 is 0. The van der Waals surface area contributed by atoms with Gasteiger partial charge in [-0.1, -0.05) is 0 Å². The Morgan fingerprint density at radius 3 is 2.86 bits per heavy atom. The third kappa shape index (κ3) is 2.93. The molecule has 0 fully saturated rings. The molecule has 0 aliphatic carbocycles. The number of nitrogens with zero attached hydrogens (tertiary/aromatic N) is 2. The molecule has 0 radical (unpaired) electrons. The lowest BCUT2D eigenvalue weighted by atomic mass is 9.87. The number of benzene rings is 1. The van der Waals surface area contributed by atoms with Crippen molar-refractivity contribution >= 4 is 5.84 Å². The molecule has 0 saturated heterocycles. The Kier molecular flexibility index (Phi) is 4.05. The maximum Gasteiger partial charge on any atom is 0.182 e. The fourth-order valence-electron chi connectivity index (χ4n) is 2.33. The molecule has 2 N–H and O–H groups in total. The van der Waals surface area contributed by atoms with E-state index in [1.54, 1.807) is 46.1 Å². The topological polar surface area (TPSA) is 86.9 Å². The van der Waals surface area contributed by atoms with E-state index in [1.807, 2.05) is 6.19 Å². The molecule has 6 nitrogen and oxygen atoms in total. The van der Waals surface area contributed by atoms with Crippen molar-refractivity contribution in [2.45, 2.75) is 38.5 Å². The van der Waals surface area contributed by atoms with Crippen molar-refractivity contribution < 1.29 is 14.6 Å². The smallest absolute Gasteiger partial charge is 0.182 e. The number of nitrogens with one attached hydrogen (secondary N) is 1. The van der Waals surface area contributed by atoms with E-state index < -0.39 is 17.7 Å². The highest BCUT2D eigenvalue weighted by Gasteiger charge is 2.43. The number of nitriles is 1. The molecule has 1 heterocycles. The summed E-state index contributed by atoms with van der Waals surface area (Å²) in [5, 5.41) is 21.7. The van der Waals surface area contributed by atoms with Gasteiger partial charge in [0, 0.05) is 5.56 Å². The Balaban J connectivity index is 2.51. The Morgan fingerprint density at radius 1 is 1.52 bits per heavy atom. The average molecular weight is 289 g/mol. The zero-order valence-corrected chi connectivity index (χ0v) is 12.5. The summed E-state index contributed by atoms with van der Waals surface area (Å²) in [4.78, 5) is 4.42. The van der Waals surface area contributed by atoms with Crippen molar-refractivity contribution in [2.24, 2.45) is 4.99 Å². The predicted molar refractivity (Wildman–Crippen MR) is 78.3 cm³/mol. The quantitative estimate of drug-likeness (QED) is 0.375. The number of methoxy groups -OCH3 is 1. The highest BCUT2D eigenvalue weighted by atomic mass is 16.5. The summed E-state index contributed by atoms with van der Waals surface area (Å²) in [5.41, 5.74) is -0.0388. The van der Waals surface area contributed by atoms with Crippen molar-refractivity contribution in [3.8, 4) is 17.7 Å². The van der Waals surface area contributed by atoms with Crippen LogP contribution in [-0.4, -0.2) is 29.8 Å². The summed E-state index contributed by atoms with van der Waals surface area (Å²) in [7, 11) is 1.58. The van der Waals surface area contributed by atoms with Crippen LogP contribution in [0.4, 0.5) is 0 Å². The molecular formula is C15H19N3O3. The number of amidine groups is 1. The molecule has 1 aliphatic rings. The van der Waals surface area contributed by atoms with Gasteiger partial charge in [-0.15, -0.1) is 0 Å². The number of hydrogen-bond donors (Lipinski definition) is 2.